The van der Waals surface area contributed by atoms with E-state index in [1.54, 1.807) is 14.2 Å². The summed E-state index contributed by atoms with van der Waals surface area (Å²) in [6, 6.07) is 6.25. The topological polar surface area (TPSA) is 67.4 Å². The van der Waals surface area contributed by atoms with Gasteiger partial charge in [0.05, 0.1) is 40.0 Å². The molecule has 1 heterocycles. The third-order valence-electron chi connectivity index (χ3n) is 4.54. The van der Waals surface area contributed by atoms with E-state index in [2.05, 4.69) is 55.4 Å². The lowest BCUT2D eigenvalue weighted by molar-refractivity contribution is 0.0179. The lowest BCUT2D eigenvalue weighted by atomic mass is 10.0. The summed E-state index contributed by atoms with van der Waals surface area (Å²) in [7, 11) is 3.32. The first-order valence-electron chi connectivity index (χ1n) is 9.98. The number of hydrogen-bond donors (Lipinski definition) is 2. The molecule has 2 N–H and O–H groups in total. The monoisotopic (exact) mass is 520 g/mol. The second kappa shape index (κ2) is 12.4. The summed E-state index contributed by atoms with van der Waals surface area (Å²) >= 11 is 0. The molecule has 1 fully saturated rings. The molecule has 1 atom stereocenters. The van der Waals surface area contributed by atoms with Crippen LogP contribution in [0, 0.1) is 0 Å². The smallest absolute Gasteiger partial charge is 0.191 e. The van der Waals surface area contributed by atoms with Gasteiger partial charge < -0.3 is 24.8 Å². The first kappa shape index (κ1) is 25.8. The van der Waals surface area contributed by atoms with Crippen LogP contribution in [0.25, 0.3) is 0 Å². The molecule has 1 saturated heterocycles. The summed E-state index contributed by atoms with van der Waals surface area (Å²) in [6.45, 7) is 13.2. The molecule has 1 aromatic rings. The first-order valence-corrected chi connectivity index (χ1v) is 9.98. The van der Waals surface area contributed by atoms with Gasteiger partial charge in [0.25, 0.3) is 0 Å². The predicted molar refractivity (Wildman–Crippen MR) is 129 cm³/mol. The van der Waals surface area contributed by atoms with E-state index in [4.69, 9.17) is 19.2 Å². The van der Waals surface area contributed by atoms with Gasteiger partial charge in [-0.1, -0.05) is 6.07 Å². The number of nitrogens with zero attached hydrogens (tertiary/aromatic N) is 2. The quantitative estimate of drug-likeness (QED) is 0.328. The van der Waals surface area contributed by atoms with E-state index in [0.29, 0.717) is 6.54 Å². The van der Waals surface area contributed by atoms with Crippen molar-refractivity contribution in [2.24, 2.45) is 4.99 Å². The third kappa shape index (κ3) is 8.18. The lowest BCUT2D eigenvalue weighted by Gasteiger charge is -2.34. The SMILES string of the molecule is CCNC(=NCC(c1ccc(OC)c(OC)c1)N1CCOCC1)NC(C)(C)C.I. The highest BCUT2D eigenvalue weighted by molar-refractivity contribution is 14.0. The molecule has 0 aromatic heterocycles. The number of methoxy groups -OCH3 is 2. The van der Waals surface area contributed by atoms with Crippen LogP contribution in [-0.4, -0.2) is 70.0 Å². The Morgan fingerprint density at radius 2 is 1.83 bits per heavy atom. The number of halogens is 1. The van der Waals surface area contributed by atoms with E-state index in [0.717, 1.165) is 55.9 Å². The number of rotatable bonds is 7. The minimum atomic E-state index is -0.0567. The van der Waals surface area contributed by atoms with Crippen molar-refractivity contribution < 1.29 is 14.2 Å². The standard InChI is InChI=1S/C21H36N4O3.HI/c1-7-22-20(24-21(2,3)4)23-15-17(25-10-12-28-13-11-25)16-8-9-18(26-5)19(14-16)27-6;/h8-9,14,17H,7,10-13,15H2,1-6H3,(H2,22,23,24);1H. The van der Waals surface area contributed by atoms with E-state index in [1.807, 2.05) is 6.07 Å². The molecule has 0 spiro atoms. The largest absolute Gasteiger partial charge is 0.493 e. The van der Waals surface area contributed by atoms with Crippen LogP contribution in [0.5, 0.6) is 11.5 Å². The van der Waals surface area contributed by atoms with E-state index in [9.17, 15) is 0 Å². The maximum Gasteiger partial charge on any atom is 0.191 e. The van der Waals surface area contributed by atoms with Crippen LogP contribution in [0.4, 0.5) is 0 Å². The zero-order valence-corrected chi connectivity index (χ0v) is 20.9. The van der Waals surface area contributed by atoms with Gasteiger partial charge in [-0.2, -0.15) is 0 Å². The Morgan fingerprint density at radius 3 is 2.38 bits per heavy atom. The third-order valence-corrected chi connectivity index (χ3v) is 4.54. The number of nitrogens with one attached hydrogen (secondary N) is 2. The Balaban J connectivity index is 0.00000420. The number of morpholine rings is 1. The molecule has 2 rings (SSSR count). The minimum absolute atomic E-state index is 0. The second-order valence-corrected chi connectivity index (χ2v) is 7.87. The number of benzene rings is 1. The van der Waals surface area contributed by atoms with Gasteiger partial charge in [0.1, 0.15) is 0 Å². The Morgan fingerprint density at radius 1 is 1.17 bits per heavy atom. The maximum atomic E-state index is 5.55. The Kier molecular flexibility index (Phi) is 11.1. The van der Waals surface area contributed by atoms with Gasteiger partial charge in [0, 0.05) is 25.2 Å². The first-order chi connectivity index (χ1) is 13.4. The molecule has 1 aliphatic rings. The van der Waals surface area contributed by atoms with E-state index < -0.39 is 0 Å². The summed E-state index contributed by atoms with van der Waals surface area (Å²) < 4.78 is 16.5. The molecule has 1 unspecified atom stereocenters. The van der Waals surface area contributed by atoms with Crippen LogP contribution in [-0.2, 0) is 4.74 Å². The molecule has 29 heavy (non-hydrogen) atoms. The average Bonchev–Trinajstić information content (AvgIpc) is 2.67. The molecule has 1 aromatic carbocycles. The van der Waals surface area contributed by atoms with Crippen LogP contribution in [0.15, 0.2) is 23.2 Å². The number of hydrogen-bond acceptors (Lipinski definition) is 5. The maximum absolute atomic E-state index is 5.55. The van der Waals surface area contributed by atoms with Crippen LogP contribution < -0.4 is 20.1 Å². The summed E-state index contributed by atoms with van der Waals surface area (Å²) in [5.41, 5.74) is 1.11. The summed E-state index contributed by atoms with van der Waals surface area (Å²) in [4.78, 5) is 7.31. The molecule has 0 bridgehead atoms. The van der Waals surface area contributed by atoms with E-state index in [1.165, 1.54) is 0 Å². The van der Waals surface area contributed by atoms with Crippen molar-refractivity contribution in [2.45, 2.75) is 39.3 Å². The van der Waals surface area contributed by atoms with Gasteiger partial charge in [0.15, 0.2) is 17.5 Å². The molecule has 7 nitrogen and oxygen atoms in total. The lowest BCUT2D eigenvalue weighted by Crippen LogP contribution is -2.48. The normalized spacial score (nSPS) is 16.6. The zero-order chi connectivity index (χ0) is 20.6. The Labute approximate surface area is 192 Å². The Bertz CT molecular complexity index is 643. The summed E-state index contributed by atoms with van der Waals surface area (Å²) in [5, 5.41) is 6.80. The summed E-state index contributed by atoms with van der Waals surface area (Å²) in [6.07, 6.45) is 0. The molecule has 0 amide bonds. The van der Waals surface area contributed by atoms with Gasteiger partial charge in [-0.05, 0) is 45.4 Å². The molecule has 166 valence electrons. The highest BCUT2D eigenvalue weighted by atomic mass is 127. The van der Waals surface area contributed by atoms with Crippen molar-refractivity contribution in [1.82, 2.24) is 15.5 Å². The molecule has 8 heteroatoms. The number of ether oxygens (including phenoxy) is 3. The molecule has 1 aliphatic heterocycles. The molecule has 0 aliphatic carbocycles. The fraction of sp³-hybridized carbons (Fsp3) is 0.667. The molecule has 0 saturated carbocycles. The number of aliphatic imine (C=N–C) groups is 1. The van der Waals surface area contributed by atoms with Gasteiger partial charge in [-0.3, -0.25) is 9.89 Å². The van der Waals surface area contributed by atoms with Crippen molar-refractivity contribution in [1.29, 1.82) is 0 Å². The fourth-order valence-electron chi connectivity index (χ4n) is 3.22. The van der Waals surface area contributed by atoms with Crippen molar-refractivity contribution in [3.8, 4) is 11.5 Å². The minimum Gasteiger partial charge on any atom is -0.493 e. The van der Waals surface area contributed by atoms with E-state index in [-0.39, 0.29) is 35.6 Å². The highest BCUT2D eigenvalue weighted by Crippen LogP contribution is 2.32. The van der Waals surface area contributed by atoms with Gasteiger partial charge >= 0.3 is 0 Å². The predicted octanol–water partition coefficient (Wildman–Crippen LogP) is 3.05. The van der Waals surface area contributed by atoms with Crippen LogP contribution in [0.2, 0.25) is 0 Å². The fourth-order valence-corrected chi connectivity index (χ4v) is 3.22. The summed E-state index contributed by atoms with van der Waals surface area (Å²) in [5.74, 6) is 2.30. The zero-order valence-electron chi connectivity index (χ0n) is 18.6. The number of guanidine groups is 1. The molecular formula is C21H37IN4O3. The van der Waals surface area contributed by atoms with Crippen LogP contribution in [0.3, 0.4) is 0 Å². The van der Waals surface area contributed by atoms with Crippen LogP contribution >= 0.6 is 24.0 Å². The molecule has 0 radical (unpaired) electrons. The van der Waals surface area contributed by atoms with Crippen LogP contribution in [0.1, 0.15) is 39.3 Å². The van der Waals surface area contributed by atoms with Gasteiger partial charge in [-0.25, -0.2) is 0 Å². The van der Waals surface area contributed by atoms with Crippen molar-refractivity contribution in [3.63, 3.8) is 0 Å². The highest BCUT2D eigenvalue weighted by Gasteiger charge is 2.24. The van der Waals surface area contributed by atoms with Crippen molar-refractivity contribution in [2.75, 3.05) is 53.6 Å². The van der Waals surface area contributed by atoms with Crippen molar-refractivity contribution in [3.05, 3.63) is 23.8 Å². The second-order valence-electron chi connectivity index (χ2n) is 7.87. The van der Waals surface area contributed by atoms with Gasteiger partial charge in [-0.15, -0.1) is 24.0 Å². The van der Waals surface area contributed by atoms with Gasteiger partial charge in [0.2, 0.25) is 0 Å². The molecular weight excluding hydrogens is 483 g/mol. The van der Waals surface area contributed by atoms with Crippen molar-refractivity contribution >= 4 is 29.9 Å². The average molecular weight is 520 g/mol. The van der Waals surface area contributed by atoms with E-state index >= 15 is 0 Å². The Hall–Kier alpha value is -1.26.